The minimum atomic E-state index is -0.329. The van der Waals surface area contributed by atoms with Crippen LogP contribution in [-0.2, 0) is 9.53 Å². The smallest absolute Gasteiger partial charge is 0.307 e. The van der Waals surface area contributed by atoms with E-state index in [1.165, 1.54) is 18.0 Å². The van der Waals surface area contributed by atoms with E-state index in [1.807, 2.05) is 0 Å². The van der Waals surface area contributed by atoms with Gasteiger partial charge in [-0.25, -0.2) is 0 Å². The van der Waals surface area contributed by atoms with E-state index in [-0.39, 0.29) is 10.5 Å². The summed E-state index contributed by atoms with van der Waals surface area (Å²) in [5.41, 5.74) is 2.44. The van der Waals surface area contributed by atoms with Crippen LogP contribution in [0.25, 0.3) is 0 Å². The predicted molar refractivity (Wildman–Crippen MR) is 74.9 cm³/mol. The maximum atomic E-state index is 9.75. The Bertz CT molecular complexity index is 193. The maximum absolute atomic E-state index is 9.75. The number of ether oxygens (including phenoxy) is 1. The quantitative estimate of drug-likeness (QED) is 0.481. The van der Waals surface area contributed by atoms with Gasteiger partial charge in [-0.1, -0.05) is 72.7 Å². The first-order valence-corrected chi connectivity index (χ1v) is 5.17. The molecule has 0 bridgehead atoms. The molecule has 0 saturated carbocycles. The fourth-order valence-electron chi connectivity index (χ4n) is 0.117. The summed E-state index contributed by atoms with van der Waals surface area (Å²) in [7, 11) is 0. The lowest BCUT2D eigenvalue weighted by atomic mass is 10.8. The Labute approximate surface area is 117 Å². The van der Waals surface area contributed by atoms with Gasteiger partial charge in [-0.15, -0.1) is 0 Å². The summed E-state index contributed by atoms with van der Waals surface area (Å²) in [6, 6.07) is 0. The van der Waals surface area contributed by atoms with Crippen LogP contribution in [0.15, 0.2) is 48.1 Å². The van der Waals surface area contributed by atoms with E-state index in [0.29, 0.717) is 0 Å². The largest absolute Gasteiger partial charge is 0.435 e. The number of hydrogen-bond donors (Lipinski definition) is 0. The van der Waals surface area contributed by atoms with Gasteiger partial charge in [0.2, 0.25) is 0 Å². The van der Waals surface area contributed by atoms with E-state index in [2.05, 4.69) is 31.1 Å². The monoisotopic (exact) mass is 306 g/mol. The third-order valence-corrected chi connectivity index (χ3v) is 0.249. The van der Waals surface area contributed by atoms with Crippen LogP contribution in [0.5, 0.6) is 0 Å². The first-order valence-electron chi connectivity index (χ1n) is 3.54. The van der Waals surface area contributed by atoms with Crippen LogP contribution in [0.1, 0.15) is 6.92 Å². The molecule has 0 rings (SSSR count). The number of carbonyl (C=O) groups excluding carboxylic acids is 1. The van der Waals surface area contributed by atoms with Crippen molar-refractivity contribution in [2.24, 2.45) is 0 Å². The van der Waals surface area contributed by atoms with Crippen molar-refractivity contribution in [1.82, 2.24) is 0 Å². The minimum Gasteiger partial charge on any atom is -0.435 e. The molecule has 0 spiro atoms. The standard InChI is InChI=1S/C4H6O2.C2H2Cl2.2C2H3Cl/c1-3-6-4(2)5;1-2(3)4;2*1-2-3/h3H,1H2,2H3;1H2;2*2H,1H2. The first kappa shape index (κ1) is 24.7. The maximum Gasteiger partial charge on any atom is 0.307 e. The van der Waals surface area contributed by atoms with Crippen LogP contribution in [-0.4, -0.2) is 5.97 Å². The summed E-state index contributed by atoms with van der Waals surface area (Å²) >= 11 is 19.2. The second kappa shape index (κ2) is 29.3. The molecule has 0 aromatic carbocycles. The Morgan fingerprint density at radius 3 is 1.31 bits per heavy atom. The van der Waals surface area contributed by atoms with Crippen LogP contribution in [0.4, 0.5) is 0 Å². The fraction of sp³-hybridized carbons (Fsp3) is 0.100. The molecule has 16 heavy (non-hydrogen) atoms. The van der Waals surface area contributed by atoms with E-state index in [1.54, 1.807) is 0 Å². The van der Waals surface area contributed by atoms with Crippen LogP contribution in [0, 0.1) is 0 Å². The van der Waals surface area contributed by atoms with Gasteiger partial charge in [0.05, 0.1) is 10.8 Å². The molecule has 0 heterocycles. The highest BCUT2D eigenvalue weighted by molar-refractivity contribution is 6.55. The molecule has 0 atom stereocenters. The molecule has 0 saturated heterocycles. The van der Waals surface area contributed by atoms with Crippen molar-refractivity contribution in [2.45, 2.75) is 6.92 Å². The van der Waals surface area contributed by atoms with Gasteiger partial charge in [0.15, 0.2) is 0 Å². The van der Waals surface area contributed by atoms with Gasteiger partial charge in [0.1, 0.15) is 0 Å². The highest BCUT2D eigenvalue weighted by Gasteiger charge is 1.79. The van der Waals surface area contributed by atoms with Crippen molar-refractivity contribution in [3.05, 3.63) is 48.1 Å². The molecule has 6 heteroatoms. The van der Waals surface area contributed by atoms with Gasteiger partial charge in [0, 0.05) is 6.92 Å². The normalized spacial score (nSPS) is 5.81. The summed E-state index contributed by atoms with van der Waals surface area (Å²) < 4.78 is 4.28. The van der Waals surface area contributed by atoms with Crippen molar-refractivity contribution in [3.63, 3.8) is 0 Å². The van der Waals surface area contributed by atoms with Gasteiger partial charge >= 0.3 is 5.97 Å². The number of esters is 1. The van der Waals surface area contributed by atoms with Gasteiger partial charge in [-0.2, -0.15) is 0 Å². The van der Waals surface area contributed by atoms with E-state index in [4.69, 9.17) is 46.4 Å². The van der Waals surface area contributed by atoms with Crippen LogP contribution < -0.4 is 0 Å². The molecular formula is C10H14Cl4O2. The molecule has 0 N–H and O–H groups in total. The molecule has 0 fully saturated rings. The highest BCUT2D eigenvalue weighted by atomic mass is 35.5. The number of halogens is 4. The van der Waals surface area contributed by atoms with Gasteiger partial charge < -0.3 is 4.74 Å². The van der Waals surface area contributed by atoms with Crippen molar-refractivity contribution in [2.75, 3.05) is 0 Å². The Hall–Kier alpha value is -0.410. The molecule has 0 amide bonds. The average Bonchev–Trinajstić information content (AvgIpc) is 2.04. The molecule has 0 unspecified atom stereocenters. The molecule has 0 aromatic rings. The van der Waals surface area contributed by atoms with Crippen molar-refractivity contribution < 1.29 is 9.53 Å². The molecular weight excluding hydrogens is 294 g/mol. The topological polar surface area (TPSA) is 26.3 Å². The lowest BCUT2D eigenvalue weighted by Crippen LogP contribution is -1.87. The van der Waals surface area contributed by atoms with Crippen molar-refractivity contribution >= 4 is 52.4 Å². The zero-order chi connectivity index (χ0) is 14.0. The Morgan fingerprint density at radius 1 is 1.12 bits per heavy atom. The van der Waals surface area contributed by atoms with Crippen molar-refractivity contribution in [3.8, 4) is 0 Å². The molecule has 0 aromatic heterocycles. The van der Waals surface area contributed by atoms with E-state index in [9.17, 15) is 4.79 Å². The number of hydrogen-bond acceptors (Lipinski definition) is 2. The Kier molecular flexibility index (Phi) is 45.2. The van der Waals surface area contributed by atoms with E-state index < -0.39 is 0 Å². The molecule has 0 aliphatic rings. The molecule has 94 valence electrons. The second-order valence-electron chi connectivity index (χ2n) is 1.42. The lowest BCUT2D eigenvalue weighted by Gasteiger charge is -1.83. The summed E-state index contributed by atoms with van der Waals surface area (Å²) in [6.45, 7) is 13.8. The second-order valence-corrected chi connectivity index (χ2v) is 3.15. The SMILES string of the molecule is C=C(Cl)Cl.C=CCl.C=CCl.C=COC(C)=O. The highest BCUT2D eigenvalue weighted by Crippen LogP contribution is 1.98. The fourth-order valence-corrected chi connectivity index (χ4v) is 0.117. The van der Waals surface area contributed by atoms with Crippen LogP contribution >= 0.6 is 46.4 Å². The lowest BCUT2D eigenvalue weighted by molar-refractivity contribution is -0.135. The first-order chi connectivity index (χ1) is 7.33. The van der Waals surface area contributed by atoms with Gasteiger partial charge in [-0.3, -0.25) is 4.79 Å². The zero-order valence-corrected chi connectivity index (χ0v) is 11.9. The van der Waals surface area contributed by atoms with Gasteiger partial charge in [0.25, 0.3) is 0 Å². The van der Waals surface area contributed by atoms with E-state index in [0.717, 1.165) is 6.26 Å². The summed E-state index contributed by atoms with van der Waals surface area (Å²) in [4.78, 5) is 9.75. The minimum absolute atomic E-state index is 0.111. The Balaban J connectivity index is -0.0000000635. The third kappa shape index (κ3) is 321. The average molecular weight is 308 g/mol. The molecule has 0 aliphatic heterocycles. The van der Waals surface area contributed by atoms with Gasteiger partial charge in [-0.05, 0) is 11.1 Å². The summed E-state index contributed by atoms with van der Waals surface area (Å²) in [5.74, 6) is -0.329. The summed E-state index contributed by atoms with van der Waals surface area (Å²) in [6.07, 6.45) is 1.10. The molecule has 0 radical (unpaired) electrons. The van der Waals surface area contributed by atoms with Crippen LogP contribution in [0.2, 0.25) is 0 Å². The van der Waals surface area contributed by atoms with Crippen LogP contribution in [0.3, 0.4) is 0 Å². The zero-order valence-electron chi connectivity index (χ0n) is 8.89. The Morgan fingerprint density at radius 2 is 1.31 bits per heavy atom. The molecule has 2 nitrogen and oxygen atoms in total. The van der Waals surface area contributed by atoms with E-state index >= 15 is 0 Å². The summed E-state index contributed by atoms with van der Waals surface area (Å²) in [5, 5.41) is 0. The predicted octanol–water partition coefficient (Wildman–Crippen LogP) is 5.37. The third-order valence-electron chi connectivity index (χ3n) is 0.249. The molecule has 0 aliphatic carbocycles. The number of carbonyl (C=O) groups is 1. The van der Waals surface area contributed by atoms with Crippen molar-refractivity contribution in [1.29, 1.82) is 0 Å². The number of rotatable bonds is 1.